The number of thioether (sulfide) groups is 1. The number of thiazole rings is 1. The highest BCUT2D eigenvalue weighted by molar-refractivity contribution is 8.01. The normalized spacial score (nSPS) is 12.0. The fourth-order valence-corrected chi connectivity index (χ4v) is 4.41. The number of hydrogen-bond acceptors (Lipinski definition) is 6. The van der Waals surface area contributed by atoms with E-state index in [1.807, 2.05) is 49.4 Å². The molecule has 0 aliphatic heterocycles. The van der Waals surface area contributed by atoms with Crippen molar-refractivity contribution in [3.8, 4) is 11.5 Å². The van der Waals surface area contributed by atoms with E-state index in [0.717, 1.165) is 20.1 Å². The van der Waals surface area contributed by atoms with Crippen LogP contribution in [0.2, 0.25) is 0 Å². The number of aromatic nitrogens is 1. The van der Waals surface area contributed by atoms with Crippen LogP contribution in [0.4, 0.5) is 0 Å². The predicted molar refractivity (Wildman–Crippen MR) is 106 cm³/mol. The summed E-state index contributed by atoms with van der Waals surface area (Å²) in [6.45, 7) is 1.95. The molecule has 0 spiro atoms. The molecular formula is C19H20N2O3S2. The van der Waals surface area contributed by atoms with Crippen LogP contribution in [0.25, 0.3) is 10.2 Å². The SMILES string of the molecule is COc1ccc(C(C)NC(=O)CSc2nc3ccccc3s2)cc1OC. The van der Waals surface area contributed by atoms with Crippen molar-refractivity contribution >= 4 is 39.2 Å². The third kappa shape index (κ3) is 4.28. The molecule has 1 amide bonds. The molecule has 0 bridgehead atoms. The second-order valence-corrected chi connectivity index (χ2v) is 7.89. The van der Waals surface area contributed by atoms with E-state index < -0.39 is 0 Å². The molecule has 0 fully saturated rings. The van der Waals surface area contributed by atoms with Gasteiger partial charge in [0.1, 0.15) is 0 Å². The maximum absolute atomic E-state index is 12.3. The molecule has 1 N–H and O–H groups in total. The lowest BCUT2D eigenvalue weighted by molar-refractivity contribution is -0.119. The van der Waals surface area contributed by atoms with Gasteiger partial charge in [-0.1, -0.05) is 30.0 Å². The largest absolute Gasteiger partial charge is 0.493 e. The van der Waals surface area contributed by atoms with E-state index in [1.54, 1.807) is 25.6 Å². The fourth-order valence-electron chi connectivity index (χ4n) is 2.53. The number of para-hydroxylation sites is 1. The minimum Gasteiger partial charge on any atom is -0.493 e. The number of methoxy groups -OCH3 is 2. The van der Waals surface area contributed by atoms with Crippen LogP contribution in [0.3, 0.4) is 0 Å². The summed E-state index contributed by atoms with van der Waals surface area (Å²) in [7, 11) is 3.20. The molecule has 1 atom stereocenters. The van der Waals surface area contributed by atoms with Crippen LogP contribution in [-0.4, -0.2) is 30.9 Å². The lowest BCUT2D eigenvalue weighted by Crippen LogP contribution is -2.28. The van der Waals surface area contributed by atoms with Gasteiger partial charge in [-0.25, -0.2) is 4.98 Å². The van der Waals surface area contributed by atoms with E-state index in [9.17, 15) is 4.79 Å². The van der Waals surface area contributed by atoms with E-state index in [0.29, 0.717) is 17.3 Å². The lowest BCUT2D eigenvalue weighted by atomic mass is 10.1. The summed E-state index contributed by atoms with van der Waals surface area (Å²) in [6, 6.07) is 13.5. The number of nitrogens with one attached hydrogen (secondary N) is 1. The summed E-state index contributed by atoms with van der Waals surface area (Å²) in [6.07, 6.45) is 0. The Kier molecular flexibility index (Phi) is 6.00. The molecule has 0 saturated carbocycles. The number of nitrogens with zero attached hydrogens (tertiary/aromatic N) is 1. The second kappa shape index (κ2) is 8.42. The summed E-state index contributed by atoms with van der Waals surface area (Å²) in [4.78, 5) is 16.8. The number of carbonyl (C=O) groups excluding carboxylic acids is 1. The minimum atomic E-state index is -0.127. The van der Waals surface area contributed by atoms with Crippen molar-refractivity contribution in [3.05, 3.63) is 48.0 Å². The molecule has 0 radical (unpaired) electrons. The average Bonchev–Trinajstić information content (AvgIpc) is 3.08. The average molecular weight is 389 g/mol. The number of rotatable bonds is 7. The Bertz CT molecular complexity index is 878. The lowest BCUT2D eigenvalue weighted by Gasteiger charge is -2.16. The van der Waals surface area contributed by atoms with Gasteiger partial charge in [-0.15, -0.1) is 11.3 Å². The van der Waals surface area contributed by atoms with Gasteiger partial charge in [0, 0.05) is 0 Å². The Balaban J connectivity index is 1.58. The highest BCUT2D eigenvalue weighted by Crippen LogP contribution is 2.31. The maximum atomic E-state index is 12.3. The van der Waals surface area contributed by atoms with Gasteiger partial charge in [0.05, 0.1) is 36.2 Å². The first-order chi connectivity index (χ1) is 12.6. The molecule has 0 aliphatic rings. The van der Waals surface area contributed by atoms with Crippen molar-refractivity contribution in [1.29, 1.82) is 0 Å². The summed E-state index contributed by atoms with van der Waals surface area (Å²) >= 11 is 3.06. The van der Waals surface area contributed by atoms with Crippen LogP contribution < -0.4 is 14.8 Å². The number of amides is 1. The summed E-state index contributed by atoms with van der Waals surface area (Å²) in [5.74, 6) is 1.62. The highest BCUT2D eigenvalue weighted by atomic mass is 32.2. The van der Waals surface area contributed by atoms with Crippen molar-refractivity contribution in [1.82, 2.24) is 10.3 Å². The molecular weight excluding hydrogens is 368 g/mol. The monoisotopic (exact) mass is 388 g/mol. The van der Waals surface area contributed by atoms with Gasteiger partial charge in [-0.05, 0) is 36.8 Å². The molecule has 0 saturated heterocycles. The van der Waals surface area contributed by atoms with Crippen molar-refractivity contribution < 1.29 is 14.3 Å². The number of benzene rings is 2. The van der Waals surface area contributed by atoms with Gasteiger partial charge in [0.15, 0.2) is 15.8 Å². The van der Waals surface area contributed by atoms with E-state index in [1.165, 1.54) is 11.8 Å². The first-order valence-electron chi connectivity index (χ1n) is 8.10. The Morgan fingerprint density at radius 2 is 1.96 bits per heavy atom. The maximum Gasteiger partial charge on any atom is 0.230 e. The molecule has 1 aromatic heterocycles. The Morgan fingerprint density at radius 3 is 2.69 bits per heavy atom. The molecule has 0 aliphatic carbocycles. The Morgan fingerprint density at radius 1 is 1.19 bits per heavy atom. The Hall–Kier alpha value is -2.25. The van der Waals surface area contributed by atoms with Gasteiger partial charge < -0.3 is 14.8 Å². The van der Waals surface area contributed by atoms with Crippen molar-refractivity contribution in [2.75, 3.05) is 20.0 Å². The number of hydrogen-bond donors (Lipinski definition) is 1. The standard InChI is InChI=1S/C19H20N2O3S2/c1-12(13-8-9-15(23-2)16(10-13)24-3)20-18(22)11-25-19-21-14-6-4-5-7-17(14)26-19/h4-10,12H,11H2,1-3H3,(H,20,22). The van der Waals surface area contributed by atoms with Crippen LogP contribution in [0.5, 0.6) is 11.5 Å². The van der Waals surface area contributed by atoms with Crippen LogP contribution >= 0.6 is 23.1 Å². The van der Waals surface area contributed by atoms with Gasteiger partial charge >= 0.3 is 0 Å². The molecule has 136 valence electrons. The van der Waals surface area contributed by atoms with E-state index in [-0.39, 0.29) is 11.9 Å². The van der Waals surface area contributed by atoms with Crippen LogP contribution in [-0.2, 0) is 4.79 Å². The molecule has 26 heavy (non-hydrogen) atoms. The number of carbonyl (C=O) groups is 1. The third-order valence-electron chi connectivity index (χ3n) is 3.89. The van der Waals surface area contributed by atoms with Gasteiger partial charge in [-0.2, -0.15) is 0 Å². The van der Waals surface area contributed by atoms with Crippen molar-refractivity contribution in [3.63, 3.8) is 0 Å². The van der Waals surface area contributed by atoms with Crippen molar-refractivity contribution in [2.24, 2.45) is 0 Å². The highest BCUT2D eigenvalue weighted by Gasteiger charge is 2.14. The fraction of sp³-hybridized carbons (Fsp3) is 0.263. The second-order valence-electron chi connectivity index (χ2n) is 5.64. The van der Waals surface area contributed by atoms with Crippen molar-refractivity contribution in [2.45, 2.75) is 17.3 Å². The van der Waals surface area contributed by atoms with E-state index in [2.05, 4.69) is 10.3 Å². The zero-order chi connectivity index (χ0) is 18.5. The Labute approximate surface area is 160 Å². The van der Waals surface area contributed by atoms with Crippen LogP contribution in [0.15, 0.2) is 46.8 Å². The molecule has 3 aromatic rings. The van der Waals surface area contributed by atoms with Gasteiger partial charge in [0.25, 0.3) is 0 Å². The molecule has 2 aromatic carbocycles. The molecule has 1 heterocycles. The number of ether oxygens (including phenoxy) is 2. The summed E-state index contributed by atoms with van der Waals surface area (Å²) in [5, 5.41) is 3.01. The minimum absolute atomic E-state index is 0.0310. The zero-order valence-corrected chi connectivity index (χ0v) is 16.4. The first-order valence-corrected chi connectivity index (χ1v) is 9.90. The summed E-state index contributed by atoms with van der Waals surface area (Å²) in [5.41, 5.74) is 1.93. The van der Waals surface area contributed by atoms with Gasteiger partial charge in [0.2, 0.25) is 5.91 Å². The van der Waals surface area contributed by atoms with Gasteiger partial charge in [-0.3, -0.25) is 4.79 Å². The molecule has 3 rings (SSSR count). The van der Waals surface area contributed by atoms with E-state index in [4.69, 9.17) is 9.47 Å². The number of fused-ring (bicyclic) bond motifs is 1. The molecule has 7 heteroatoms. The zero-order valence-electron chi connectivity index (χ0n) is 14.8. The quantitative estimate of drug-likeness (QED) is 0.612. The van der Waals surface area contributed by atoms with Crippen LogP contribution in [0, 0.1) is 0 Å². The molecule has 1 unspecified atom stereocenters. The smallest absolute Gasteiger partial charge is 0.230 e. The molecule has 5 nitrogen and oxygen atoms in total. The topological polar surface area (TPSA) is 60.5 Å². The van der Waals surface area contributed by atoms with Crippen LogP contribution in [0.1, 0.15) is 18.5 Å². The third-order valence-corrected chi connectivity index (χ3v) is 6.07. The predicted octanol–water partition coefficient (Wildman–Crippen LogP) is 4.28. The van der Waals surface area contributed by atoms with E-state index >= 15 is 0 Å². The first kappa shape index (κ1) is 18.5. The summed E-state index contributed by atoms with van der Waals surface area (Å²) < 4.78 is 12.6.